The fraction of sp³-hybridized carbons (Fsp3) is 0.192. The van der Waals surface area contributed by atoms with Crippen LogP contribution in [0.25, 0.3) is 16.5 Å². The van der Waals surface area contributed by atoms with Crippen LogP contribution in [0.2, 0.25) is 0 Å². The Kier molecular flexibility index (Phi) is 9.73. The van der Waals surface area contributed by atoms with E-state index in [2.05, 4.69) is 10.1 Å². The maximum absolute atomic E-state index is 12.4. The van der Waals surface area contributed by atoms with Crippen LogP contribution in [0.15, 0.2) is 60.7 Å². The van der Waals surface area contributed by atoms with Crippen LogP contribution in [0.5, 0.6) is 11.5 Å². The molecule has 194 valence electrons. The zero-order valence-electron chi connectivity index (χ0n) is 19.9. The molecule has 0 aliphatic heterocycles. The highest BCUT2D eigenvalue weighted by Crippen LogP contribution is 2.36. The van der Waals surface area contributed by atoms with E-state index in [1.54, 1.807) is 13.0 Å². The molecule has 0 radical (unpaired) electrons. The molecule has 0 spiro atoms. The molecule has 0 saturated carbocycles. The van der Waals surface area contributed by atoms with Crippen molar-refractivity contribution in [2.45, 2.75) is 13.5 Å². The highest BCUT2D eigenvalue weighted by Gasteiger charge is 2.20. The summed E-state index contributed by atoms with van der Waals surface area (Å²) in [5.74, 6) is -2.15. The summed E-state index contributed by atoms with van der Waals surface area (Å²) < 4.78 is 44.3. The average molecular weight is 532 g/mol. The van der Waals surface area contributed by atoms with Crippen molar-refractivity contribution in [3.05, 3.63) is 71.8 Å². The standard InChI is InChI=1S/C26H23F2NO7S/c1-3-34-25(32)18-14-21(17-7-5-4-6-8-17)37-24(18)29-22(30)15-35-23(31)12-10-16-9-11-19(36-26(27)28)20(13-16)33-2/h4-14,26H,3,15H2,1-2H3,(H,29,30). The van der Waals surface area contributed by atoms with Gasteiger partial charge in [0.15, 0.2) is 18.1 Å². The van der Waals surface area contributed by atoms with E-state index in [9.17, 15) is 23.2 Å². The predicted octanol–water partition coefficient (Wildman–Crippen LogP) is 5.40. The summed E-state index contributed by atoms with van der Waals surface area (Å²) in [5, 5.41) is 2.86. The number of carbonyl (C=O) groups excluding carboxylic acids is 3. The lowest BCUT2D eigenvalue weighted by molar-refractivity contribution is -0.142. The second-order valence-electron chi connectivity index (χ2n) is 7.22. The number of amides is 1. The van der Waals surface area contributed by atoms with E-state index in [1.165, 1.54) is 42.7 Å². The van der Waals surface area contributed by atoms with Crippen LogP contribution in [0, 0.1) is 0 Å². The van der Waals surface area contributed by atoms with Gasteiger partial charge >= 0.3 is 18.6 Å². The summed E-state index contributed by atoms with van der Waals surface area (Å²) in [6.45, 7) is -1.77. The van der Waals surface area contributed by atoms with Gasteiger partial charge in [0, 0.05) is 11.0 Å². The van der Waals surface area contributed by atoms with E-state index in [0.717, 1.165) is 16.5 Å². The topological polar surface area (TPSA) is 100 Å². The molecule has 1 amide bonds. The molecule has 8 nitrogen and oxygen atoms in total. The highest BCUT2D eigenvalue weighted by atomic mass is 32.1. The Balaban J connectivity index is 1.62. The Morgan fingerprint density at radius 1 is 1.03 bits per heavy atom. The Morgan fingerprint density at radius 2 is 1.78 bits per heavy atom. The van der Waals surface area contributed by atoms with Gasteiger partial charge in [-0.15, -0.1) is 11.3 Å². The molecule has 0 bridgehead atoms. The molecule has 11 heteroatoms. The zero-order valence-corrected chi connectivity index (χ0v) is 20.7. The van der Waals surface area contributed by atoms with E-state index in [1.807, 2.05) is 30.3 Å². The van der Waals surface area contributed by atoms with Gasteiger partial charge < -0.3 is 24.3 Å². The van der Waals surface area contributed by atoms with Gasteiger partial charge in [0.25, 0.3) is 5.91 Å². The SMILES string of the molecule is CCOC(=O)c1cc(-c2ccccc2)sc1NC(=O)COC(=O)C=Cc1ccc(OC(F)F)c(OC)c1. The molecule has 0 fully saturated rings. The van der Waals surface area contributed by atoms with Crippen LogP contribution < -0.4 is 14.8 Å². The number of ether oxygens (including phenoxy) is 4. The minimum atomic E-state index is -3.01. The summed E-state index contributed by atoms with van der Waals surface area (Å²) in [4.78, 5) is 37.6. The summed E-state index contributed by atoms with van der Waals surface area (Å²) in [5.41, 5.74) is 1.50. The van der Waals surface area contributed by atoms with Gasteiger partial charge in [0.05, 0.1) is 19.3 Å². The number of halogens is 2. The van der Waals surface area contributed by atoms with Gasteiger partial charge in [0.2, 0.25) is 0 Å². The summed E-state index contributed by atoms with van der Waals surface area (Å²) >= 11 is 1.19. The van der Waals surface area contributed by atoms with Crippen molar-refractivity contribution in [1.29, 1.82) is 0 Å². The van der Waals surface area contributed by atoms with Crippen molar-refractivity contribution in [3.63, 3.8) is 0 Å². The fourth-order valence-electron chi connectivity index (χ4n) is 3.08. The lowest BCUT2D eigenvalue weighted by Gasteiger charge is -2.10. The van der Waals surface area contributed by atoms with Gasteiger partial charge in [-0.3, -0.25) is 4.79 Å². The first kappa shape index (κ1) is 27.3. The Morgan fingerprint density at radius 3 is 2.46 bits per heavy atom. The number of thiophene rings is 1. The van der Waals surface area contributed by atoms with Gasteiger partial charge in [0.1, 0.15) is 5.00 Å². The summed E-state index contributed by atoms with van der Waals surface area (Å²) in [6.07, 6.45) is 2.43. The molecular weight excluding hydrogens is 508 g/mol. The lowest BCUT2D eigenvalue weighted by Crippen LogP contribution is -2.20. The van der Waals surface area contributed by atoms with E-state index in [-0.39, 0.29) is 28.7 Å². The van der Waals surface area contributed by atoms with Crippen molar-refractivity contribution in [1.82, 2.24) is 0 Å². The number of anilines is 1. The largest absolute Gasteiger partial charge is 0.493 e. The molecule has 0 atom stereocenters. The normalized spacial score (nSPS) is 10.8. The number of carbonyl (C=O) groups is 3. The number of nitrogens with one attached hydrogen (secondary N) is 1. The molecule has 3 aromatic rings. The Hall–Kier alpha value is -4.25. The van der Waals surface area contributed by atoms with Gasteiger partial charge in [-0.05, 0) is 42.3 Å². The van der Waals surface area contributed by atoms with Crippen LogP contribution in [0.4, 0.5) is 13.8 Å². The molecule has 0 aliphatic rings. The molecule has 0 aliphatic carbocycles. The van der Waals surface area contributed by atoms with Gasteiger partial charge in [-0.1, -0.05) is 36.4 Å². The molecule has 1 aromatic heterocycles. The molecular formula is C26H23F2NO7S. The minimum Gasteiger partial charge on any atom is -0.493 e. The maximum atomic E-state index is 12.4. The molecule has 3 rings (SSSR count). The smallest absolute Gasteiger partial charge is 0.387 e. The van der Waals surface area contributed by atoms with E-state index >= 15 is 0 Å². The number of hydrogen-bond acceptors (Lipinski definition) is 8. The number of benzene rings is 2. The first-order valence-electron chi connectivity index (χ1n) is 10.9. The summed E-state index contributed by atoms with van der Waals surface area (Å²) in [6, 6.07) is 15.1. The highest BCUT2D eigenvalue weighted by molar-refractivity contribution is 7.20. The number of rotatable bonds is 11. The van der Waals surface area contributed by atoms with E-state index in [0.29, 0.717) is 5.56 Å². The third kappa shape index (κ3) is 7.87. The fourth-order valence-corrected chi connectivity index (χ4v) is 4.15. The third-order valence-corrected chi connectivity index (χ3v) is 5.80. The van der Waals surface area contributed by atoms with Crippen LogP contribution >= 0.6 is 11.3 Å². The monoisotopic (exact) mass is 531 g/mol. The van der Waals surface area contributed by atoms with Crippen LogP contribution in [0.3, 0.4) is 0 Å². The summed E-state index contributed by atoms with van der Waals surface area (Å²) in [7, 11) is 1.29. The zero-order chi connectivity index (χ0) is 26.8. The minimum absolute atomic E-state index is 0.0541. The number of esters is 2. The molecule has 2 aromatic carbocycles. The van der Waals surface area contributed by atoms with Crippen LogP contribution in [-0.2, 0) is 19.1 Å². The second kappa shape index (κ2) is 13.2. The quantitative estimate of drug-likeness (QED) is 0.261. The molecule has 1 N–H and O–H groups in total. The second-order valence-corrected chi connectivity index (χ2v) is 8.27. The van der Waals surface area contributed by atoms with Crippen molar-refractivity contribution >= 4 is 40.3 Å². The average Bonchev–Trinajstić information content (AvgIpc) is 3.31. The molecule has 0 unspecified atom stereocenters. The first-order valence-corrected chi connectivity index (χ1v) is 11.8. The van der Waals surface area contributed by atoms with Gasteiger partial charge in [-0.2, -0.15) is 8.78 Å². The molecule has 37 heavy (non-hydrogen) atoms. The number of methoxy groups -OCH3 is 1. The third-order valence-electron chi connectivity index (χ3n) is 4.70. The number of alkyl halides is 2. The molecule has 1 heterocycles. The Labute approximate surface area is 215 Å². The number of hydrogen-bond donors (Lipinski definition) is 1. The maximum Gasteiger partial charge on any atom is 0.387 e. The van der Waals surface area contributed by atoms with Crippen LogP contribution in [0.1, 0.15) is 22.8 Å². The lowest BCUT2D eigenvalue weighted by atomic mass is 10.1. The van der Waals surface area contributed by atoms with Crippen LogP contribution in [-0.4, -0.2) is 44.8 Å². The first-order chi connectivity index (χ1) is 17.8. The van der Waals surface area contributed by atoms with Crippen molar-refractivity contribution in [2.75, 3.05) is 25.6 Å². The van der Waals surface area contributed by atoms with Crippen molar-refractivity contribution in [3.8, 4) is 21.9 Å². The van der Waals surface area contributed by atoms with E-state index in [4.69, 9.17) is 14.2 Å². The van der Waals surface area contributed by atoms with Gasteiger partial charge in [-0.25, -0.2) is 9.59 Å². The Bertz CT molecular complexity index is 1280. The van der Waals surface area contributed by atoms with Crippen molar-refractivity contribution in [2.24, 2.45) is 0 Å². The molecule has 0 saturated heterocycles. The van der Waals surface area contributed by atoms with Crippen molar-refractivity contribution < 1.29 is 42.1 Å². The van der Waals surface area contributed by atoms with E-state index < -0.39 is 31.1 Å². The predicted molar refractivity (Wildman–Crippen MR) is 134 cm³/mol.